The van der Waals surface area contributed by atoms with E-state index in [1.54, 1.807) is 30.4 Å². The molecular formula is C15H18N2O2S. The molecule has 0 amide bonds. The SMILES string of the molecule is CCOC(=O)c1cc(NCCc2cccs2)ccc1N. The first-order valence-electron chi connectivity index (χ1n) is 6.53. The summed E-state index contributed by atoms with van der Waals surface area (Å²) in [6.45, 7) is 2.93. The Morgan fingerprint density at radius 2 is 2.25 bits per heavy atom. The van der Waals surface area contributed by atoms with Crippen molar-refractivity contribution in [3.8, 4) is 0 Å². The number of anilines is 2. The number of esters is 1. The van der Waals surface area contributed by atoms with Gasteiger partial charge < -0.3 is 15.8 Å². The van der Waals surface area contributed by atoms with E-state index in [2.05, 4.69) is 16.8 Å². The molecule has 3 N–H and O–H groups in total. The molecule has 1 heterocycles. The second kappa shape index (κ2) is 6.96. The summed E-state index contributed by atoms with van der Waals surface area (Å²) in [4.78, 5) is 13.1. The lowest BCUT2D eigenvalue weighted by molar-refractivity contribution is 0.0527. The van der Waals surface area contributed by atoms with Gasteiger partial charge in [0.25, 0.3) is 0 Å². The van der Waals surface area contributed by atoms with Gasteiger partial charge in [-0.25, -0.2) is 4.79 Å². The van der Waals surface area contributed by atoms with E-state index in [-0.39, 0.29) is 5.97 Å². The Morgan fingerprint density at radius 1 is 1.40 bits per heavy atom. The number of nitrogen functional groups attached to an aromatic ring is 1. The van der Waals surface area contributed by atoms with Crippen LogP contribution < -0.4 is 11.1 Å². The van der Waals surface area contributed by atoms with Gasteiger partial charge in [0.15, 0.2) is 0 Å². The highest BCUT2D eigenvalue weighted by Crippen LogP contribution is 2.19. The van der Waals surface area contributed by atoms with Crippen LogP contribution in [0.15, 0.2) is 35.7 Å². The van der Waals surface area contributed by atoms with Gasteiger partial charge in [0.2, 0.25) is 0 Å². The minimum atomic E-state index is -0.382. The molecule has 1 aromatic carbocycles. The molecule has 0 bridgehead atoms. The standard InChI is InChI=1S/C15H18N2O2S/c1-2-19-15(18)13-10-11(5-6-14(13)16)17-8-7-12-4-3-9-20-12/h3-6,9-10,17H,2,7-8,16H2,1H3. The van der Waals surface area contributed by atoms with Gasteiger partial charge >= 0.3 is 5.97 Å². The molecule has 0 saturated heterocycles. The van der Waals surface area contributed by atoms with Crippen LogP contribution in [0.1, 0.15) is 22.2 Å². The van der Waals surface area contributed by atoms with E-state index in [9.17, 15) is 4.79 Å². The molecule has 106 valence electrons. The largest absolute Gasteiger partial charge is 0.462 e. The summed E-state index contributed by atoms with van der Waals surface area (Å²) < 4.78 is 4.98. The lowest BCUT2D eigenvalue weighted by Gasteiger charge is -2.10. The molecule has 0 atom stereocenters. The number of thiophene rings is 1. The Balaban J connectivity index is 1.98. The molecular weight excluding hydrogens is 272 g/mol. The van der Waals surface area contributed by atoms with Crippen LogP contribution in [0.2, 0.25) is 0 Å². The summed E-state index contributed by atoms with van der Waals surface area (Å²) in [6, 6.07) is 9.48. The van der Waals surface area contributed by atoms with E-state index in [0.717, 1.165) is 18.7 Å². The van der Waals surface area contributed by atoms with E-state index in [0.29, 0.717) is 17.9 Å². The molecule has 0 spiro atoms. The van der Waals surface area contributed by atoms with Crippen molar-refractivity contribution in [1.82, 2.24) is 0 Å². The first-order chi connectivity index (χ1) is 9.70. The van der Waals surface area contributed by atoms with Crippen molar-refractivity contribution in [1.29, 1.82) is 0 Å². The molecule has 5 heteroatoms. The topological polar surface area (TPSA) is 64.3 Å². The third kappa shape index (κ3) is 3.74. The van der Waals surface area contributed by atoms with Gasteiger partial charge in [-0.1, -0.05) is 6.07 Å². The Morgan fingerprint density at radius 3 is 2.95 bits per heavy atom. The van der Waals surface area contributed by atoms with Gasteiger partial charge in [-0.05, 0) is 43.0 Å². The lowest BCUT2D eigenvalue weighted by atomic mass is 10.1. The van der Waals surface area contributed by atoms with Crippen molar-refractivity contribution in [3.05, 3.63) is 46.2 Å². The zero-order chi connectivity index (χ0) is 14.4. The maximum atomic E-state index is 11.7. The number of carbonyl (C=O) groups is 1. The minimum absolute atomic E-state index is 0.342. The quantitative estimate of drug-likeness (QED) is 0.633. The van der Waals surface area contributed by atoms with Gasteiger partial charge in [0.1, 0.15) is 0 Å². The number of benzene rings is 1. The van der Waals surface area contributed by atoms with E-state index >= 15 is 0 Å². The van der Waals surface area contributed by atoms with Crippen molar-refractivity contribution in [2.24, 2.45) is 0 Å². The van der Waals surface area contributed by atoms with Gasteiger partial charge in [-0.15, -0.1) is 11.3 Å². The Kier molecular flexibility index (Phi) is 5.01. The number of rotatable bonds is 6. The second-order valence-electron chi connectivity index (χ2n) is 4.28. The summed E-state index contributed by atoms with van der Waals surface area (Å²) in [5.74, 6) is -0.382. The van der Waals surface area contributed by atoms with Crippen LogP contribution in [-0.2, 0) is 11.2 Å². The van der Waals surface area contributed by atoms with Gasteiger partial charge in [-0.3, -0.25) is 0 Å². The molecule has 0 aliphatic heterocycles. The highest BCUT2D eigenvalue weighted by atomic mass is 32.1. The molecule has 0 fully saturated rings. The van der Waals surface area contributed by atoms with Crippen LogP contribution in [-0.4, -0.2) is 19.1 Å². The maximum Gasteiger partial charge on any atom is 0.340 e. The summed E-state index contributed by atoms with van der Waals surface area (Å²) >= 11 is 1.74. The molecule has 1 aromatic heterocycles. The number of carbonyl (C=O) groups excluding carboxylic acids is 1. The van der Waals surface area contributed by atoms with E-state index < -0.39 is 0 Å². The van der Waals surface area contributed by atoms with Crippen LogP contribution in [0.4, 0.5) is 11.4 Å². The predicted molar refractivity (Wildman–Crippen MR) is 83.3 cm³/mol. The van der Waals surface area contributed by atoms with Crippen LogP contribution in [0, 0.1) is 0 Å². The van der Waals surface area contributed by atoms with E-state index in [4.69, 9.17) is 10.5 Å². The maximum absolute atomic E-state index is 11.7. The average molecular weight is 290 g/mol. The molecule has 4 nitrogen and oxygen atoms in total. The molecule has 0 saturated carbocycles. The summed E-state index contributed by atoms with van der Waals surface area (Å²) in [5.41, 5.74) is 7.52. The average Bonchev–Trinajstić information content (AvgIpc) is 2.94. The number of nitrogens with one attached hydrogen (secondary N) is 1. The van der Waals surface area contributed by atoms with Crippen molar-refractivity contribution < 1.29 is 9.53 Å². The molecule has 2 aromatic rings. The fourth-order valence-electron chi connectivity index (χ4n) is 1.84. The van der Waals surface area contributed by atoms with Crippen molar-refractivity contribution in [3.63, 3.8) is 0 Å². The number of hydrogen-bond donors (Lipinski definition) is 2. The number of ether oxygens (including phenoxy) is 1. The number of nitrogens with two attached hydrogens (primary N) is 1. The van der Waals surface area contributed by atoms with E-state index in [1.807, 2.05) is 12.1 Å². The Labute approximate surface area is 122 Å². The normalized spacial score (nSPS) is 10.2. The fraction of sp³-hybridized carbons (Fsp3) is 0.267. The zero-order valence-corrected chi connectivity index (χ0v) is 12.2. The number of hydrogen-bond acceptors (Lipinski definition) is 5. The van der Waals surface area contributed by atoms with Crippen LogP contribution >= 0.6 is 11.3 Å². The molecule has 0 aliphatic carbocycles. The molecule has 20 heavy (non-hydrogen) atoms. The van der Waals surface area contributed by atoms with Gasteiger partial charge in [0, 0.05) is 22.8 Å². The van der Waals surface area contributed by atoms with Gasteiger partial charge in [-0.2, -0.15) is 0 Å². The van der Waals surface area contributed by atoms with Crippen LogP contribution in [0.3, 0.4) is 0 Å². The third-order valence-electron chi connectivity index (χ3n) is 2.83. The predicted octanol–water partition coefficient (Wildman–Crippen LogP) is 3.16. The van der Waals surface area contributed by atoms with Crippen molar-refractivity contribution >= 4 is 28.7 Å². The lowest BCUT2D eigenvalue weighted by Crippen LogP contribution is -2.10. The van der Waals surface area contributed by atoms with Crippen LogP contribution in [0.5, 0.6) is 0 Å². The molecule has 0 unspecified atom stereocenters. The first kappa shape index (κ1) is 14.4. The third-order valence-corrected chi connectivity index (χ3v) is 3.77. The highest BCUT2D eigenvalue weighted by molar-refractivity contribution is 7.09. The van der Waals surface area contributed by atoms with Crippen LogP contribution in [0.25, 0.3) is 0 Å². The highest BCUT2D eigenvalue weighted by Gasteiger charge is 2.11. The van der Waals surface area contributed by atoms with Crippen molar-refractivity contribution in [2.45, 2.75) is 13.3 Å². The van der Waals surface area contributed by atoms with Gasteiger partial charge in [0.05, 0.1) is 12.2 Å². The fourth-order valence-corrected chi connectivity index (χ4v) is 2.55. The molecule has 0 radical (unpaired) electrons. The summed E-state index contributed by atoms with van der Waals surface area (Å²) in [5, 5.41) is 5.36. The summed E-state index contributed by atoms with van der Waals surface area (Å²) in [7, 11) is 0. The van der Waals surface area contributed by atoms with E-state index in [1.165, 1.54) is 4.88 Å². The Hall–Kier alpha value is -2.01. The monoisotopic (exact) mass is 290 g/mol. The minimum Gasteiger partial charge on any atom is -0.462 e. The first-order valence-corrected chi connectivity index (χ1v) is 7.41. The summed E-state index contributed by atoms with van der Waals surface area (Å²) in [6.07, 6.45) is 0.955. The van der Waals surface area contributed by atoms with Crippen molar-refractivity contribution in [2.75, 3.05) is 24.2 Å². The zero-order valence-electron chi connectivity index (χ0n) is 11.4. The second-order valence-corrected chi connectivity index (χ2v) is 5.31. The molecule has 2 rings (SSSR count). The Bertz CT molecular complexity index is 567. The smallest absolute Gasteiger partial charge is 0.340 e. The molecule has 0 aliphatic rings.